The van der Waals surface area contributed by atoms with E-state index in [4.69, 9.17) is 19.2 Å². The van der Waals surface area contributed by atoms with Crippen molar-refractivity contribution >= 4 is 0 Å². The van der Waals surface area contributed by atoms with E-state index >= 15 is 0 Å². The van der Waals surface area contributed by atoms with Gasteiger partial charge in [-0.05, 0) is 105 Å². The molecule has 0 unspecified atom stereocenters. The van der Waals surface area contributed by atoms with Crippen LogP contribution in [0, 0.1) is 35.5 Å². The summed E-state index contributed by atoms with van der Waals surface area (Å²) in [6.07, 6.45) is 16.0. The Balaban J connectivity index is 0.941. The first-order valence-electron chi connectivity index (χ1n) is 14.4. The molecule has 0 atom stereocenters. The molecule has 8 rings (SSSR count). The fourth-order valence-corrected chi connectivity index (χ4v) is 8.73. The van der Waals surface area contributed by atoms with Gasteiger partial charge in [-0.1, -0.05) is 31.9 Å². The molecule has 1 heterocycles. The van der Waals surface area contributed by atoms with Gasteiger partial charge in [0.1, 0.15) is 5.75 Å². The highest BCUT2D eigenvalue weighted by Crippen LogP contribution is 2.64. The van der Waals surface area contributed by atoms with Gasteiger partial charge in [0, 0.05) is 24.7 Å². The van der Waals surface area contributed by atoms with Crippen molar-refractivity contribution in [1.29, 1.82) is 0 Å². The zero-order valence-electron chi connectivity index (χ0n) is 20.9. The first-order valence-corrected chi connectivity index (χ1v) is 14.4. The third-order valence-electron chi connectivity index (χ3n) is 10.7. The molecule has 1 aliphatic heterocycles. The molecule has 1 aromatic carbocycles. The Morgan fingerprint density at radius 3 is 2.09 bits per heavy atom. The van der Waals surface area contributed by atoms with Crippen molar-refractivity contribution in [1.82, 2.24) is 0 Å². The molecule has 2 spiro atoms. The second-order valence-corrected chi connectivity index (χ2v) is 13.0. The molecule has 4 nitrogen and oxygen atoms in total. The minimum atomic E-state index is -0.508. The van der Waals surface area contributed by atoms with Crippen molar-refractivity contribution in [2.75, 3.05) is 6.61 Å². The van der Waals surface area contributed by atoms with Gasteiger partial charge in [-0.15, -0.1) is 0 Å². The molecular formula is C30H42O4. The molecule has 1 aromatic rings. The van der Waals surface area contributed by atoms with E-state index in [9.17, 15) is 0 Å². The lowest BCUT2D eigenvalue weighted by molar-refractivity contribution is -0.390. The van der Waals surface area contributed by atoms with Crippen LogP contribution in [0.5, 0.6) is 5.75 Å². The minimum absolute atomic E-state index is 0.435. The van der Waals surface area contributed by atoms with Gasteiger partial charge in [-0.25, -0.2) is 0 Å². The fraction of sp³-hybridized carbons (Fsp3) is 0.800. The van der Waals surface area contributed by atoms with Gasteiger partial charge >= 0.3 is 0 Å². The fourth-order valence-electron chi connectivity index (χ4n) is 8.73. The molecule has 0 radical (unpaired) electrons. The molecule has 186 valence electrons. The zero-order valence-corrected chi connectivity index (χ0v) is 20.9. The van der Waals surface area contributed by atoms with Gasteiger partial charge in [0.05, 0.1) is 6.61 Å². The maximum atomic E-state index is 6.89. The normalized spacial score (nSPS) is 47.5. The summed E-state index contributed by atoms with van der Waals surface area (Å²) in [5.74, 6) is 5.19. The standard InChI is InChI=1S/C30H42O4/c1-20-2-4-21(5-3-20)19-31-28-8-6-24(7-9-28)25-10-12-29(13-11-25)32-30(34-33-29)26-15-22-14-23(17-26)18-27(30)16-22/h6-9,20-23,25-27H,2-5,10-19H2,1H3. The van der Waals surface area contributed by atoms with Crippen LogP contribution >= 0.6 is 0 Å². The molecule has 0 amide bonds. The molecule has 0 N–H and O–H groups in total. The maximum Gasteiger partial charge on any atom is 0.210 e. The van der Waals surface area contributed by atoms with E-state index in [2.05, 4.69) is 31.2 Å². The minimum Gasteiger partial charge on any atom is -0.493 e. The summed E-state index contributed by atoms with van der Waals surface area (Å²) in [4.78, 5) is 12.3. The zero-order chi connectivity index (χ0) is 22.8. The average molecular weight is 467 g/mol. The third kappa shape index (κ3) is 3.83. The van der Waals surface area contributed by atoms with Gasteiger partial charge in [0.2, 0.25) is 11.6 Å². The van der Waals surface area contributed by atoms with E-state index in [1.807, 2.05) is 0 Å². The molecule has 6 aliphatic carbocycles. The van der Waals surface area contributed by atoms with Gasteiger partial charge in [0.25, 0.3) is 0 Å². The lowest BCUT2D eigenvalue weighted by atomic mass is 9.53. The summed E-state index contributed by atoms with van der Waals surface area (Å²) in [6.45, 7) is 3.25. The van der Waals surface area contributed by atoms with Crippen LogP contribution in [0.4, 0.5) is 0 Å². The van der Waals surface area contributed by atoms with E-state index in [1.165, 1.54) is 63.4 Å². The van der Waals surface area contributed by atoms with Gasteiger partial charge in [-0.3, -0.25) is 0 Å². The van der Waals surface area contributed by atoms with Crippen molar-refractivity contribution < 1.29 is 19.2 Å². The summed E-state index contributed by atoms with van der Waals surface area (Å²) >= 11 is 0. The van der Waals surface area contributed by atoms with Crippen LogP contribution in [0.3, 0.4) is 0 Å². The molecule has 1 saturated heterocycles. The van der Waals surface area contributed by atoms with Gasteiger partial charge in [-0.2, -0.15) is 9.78 Å². The molecule has 0 aromatic heterocycles. The highest BCUT2D eigenvalue weighted by molar-refractivity contribution is 5.30. The van der Waals surface area contributed by atoms with E-state index < -0.39 is 11.6 Å². The first kappa shape index (κ1) is 22.1. The second-order valence-electron chi connectivity index (χ2n) is 13.0. The molecule has 7 fully saturated rings. The van der Waals surface area contributed by atoms with E-state index in [0.717, 1.165) is 61.7 Å². The first-order chi connectivity index (χ1) is 16.6. The largest absolute Gasteiger partial charge is 0.493 e. The molecule has 4 heteroatoms. The highest BCUT2D eigenvalue weighted by Gasteiger charge is 2.66. The lowest BCUT2D eigenvalue weighted by Crippen LogP contribution is -2.59. The van der Waals surface area contributed by atoms with Crippen molar-refractivity contribution in [2.24, 2.45) is 35.5 Å². The van der Waals surface area contributed by atoms with Crippen LogP contribution in [-0.2, 0) is 14.5 Å². The maximum absolute atomic E-state index is 6.89. The lowest BCUT2D eigenvalue weighted by Gasteiger charge is -2.57. The summed E-state index contributed by atoms with van der Waals surface area (Å²) in [6, 6.07) is 8.93. The van der Waals surface area contributed by atoms with Crippen LogP contribution < -0.4 is 4.74 Å². The predicted octanol–water partition coefficient (Wildman–Crippen LogP) is 7.38. The van der Waals surface area contributed by atoms with E-state index in [0.29, 0.717) is 17.8 Å². The smallest absolute Gasteiger partial charge is 0.210 e. The number of rotatable bonds is 4. The van der Waals surface area contributed by atoms with Crippen molar-refractivity contribution in [3.63, 3.8) is 0 Å². The SMILES string of the molecule is CC1CCC(COc2ccc(C3CCC4(CC3)OOC3(O4)C4CC5CC(C4)CC3C5)cc2)CC1. The molecule has 34 heavy (non-hydrogen) atoms. The van der Waals surface area contributed by atoms with Gasteiger partial charge in [0.15, 0.2) is 0 Å². The number of hydrogen-bond donors (Lipinski definition) is 0. The summed E-state index contributed by atoms with van der Waals surface area (Å²) < 4.78 is 13.0. The Labute approximate surface area is 205 Å². The molecule has 6 saturated carbocycles. The van der Waals surface area contributed by atoms with E-state index in [1.54, 1.807) is 0 Å². The van der Waals surface area contributed by atoms with Crippen LogP contribution in [0.2, 0.25) is 0 Å². The highest BCUT2D eigenvalue weighted by atomic mass is 17.3. The van der Waals surface area contributed by atoms with Crippen molar-refractivity contribution in [3.05, 3.63) is 29.8 Å². The van der Waals surface area contributed by atoms with Crippen LogP contribution in [0.25, 0.3) is 0 Å². The van der Waals surface area contributed by atoms with Crippen LogP contribution in [0.15, 0.2) is 24.3 Å². The topological polar surface area (TPSA) is 36.9 Å². The number of benzene rings is 1. The molecular weight excluding hydrogens is 424 g/mol. The second kappa shape index (κ2) is 8.49. The molecule has 7 aliphatic rings. The average Bonchev–Trinajstić information content (AvgIpc) is 3.22. The number of ether oxygens (including phenoxy) is 2. The summed E-state index contributed by atoms with van der Waals surface area (Å²) in [5, 5.41) is 0. The van der Waals surface area contributed by atoms with Crippen LogP contribution in [-0.4, -0.2) is 18.2 Å². The van der Waals surface area contributed by atoms with Crippen LogP contribution in [0.1, 0.15) is 102 Å². The Morgan fingerprint density at radius 2 is 1.44 bits per heavy atom. The Kier molecular flexibility index (Phi) is 5.52. The van der Waals surface area contributed by atoms with E-state index in [-0.39, 0.29) is 0 Å². The summed E-state index contributed by atoms with van der Waals surface area (Å²) in [5.41, 5.74) is 1.43. The monoisotopic (exact) mass is 466 g/mol. The number of hydrogen-bond acceptors (Lipinski definition) is 4. The Bertz CT molecular complexity index is 834. The third-order valence-corrected chi connectivity index (χ3v) is 10.7. The summed E-state index contributed by atoms with van der Waals surface area (Å²) in [7, 11) is 0. The molecule has 4 bridgehead atoms. The van der Waals surface area contributed by atoms with Crippen molar-refractivity contribution in [2.45, 2.75) is 108 Å². The predicted molar refractivity (Wildman–Crippen MR) is 130 cm³/mol. The Hall–Kier alpha value is -1.10. The van der Waals surface area contributed by atoms with Gasteiger partial charge < -0.3 is 9.47 Å². The Morgan fingerprint density at radius 1 is 0.794 bits per heavy atom. The van der Waals surface area contributed by atoms with Crippen molar-refractivity contribution in [3.8, 4) is 5.75 Å². The quantitative estimate of drug-likeness (QED) is 0.434.